The predicted molar refractivity (Wildman–Crippen MR) is 77.7 cm³/mol. The van der Waals surface area contributed by atoms with E-state index in [1.165, 1.54) is 31.7 Å². The Balaban J connectivity index is 2.07. The van der Waals surface area contributed by atoms with Crippen molar-refractivity contribution in [3.63, 3.8) is 0 Å². The summed E-state index contributed by atoms with van der Waals surface area (Å²) in [4.78, 5) is 2.28. The zero-order valence-electron chi connectivity index (χ0n) is 11.4. The first-order valence-corrected chi connectivity index (χ1v) is 7.34. The van der Waals surface area contributed by atoms with Crippen molar-refractivity contribution in [1.29, 1.82) is 0 Å². The molecule has 1 saturated carbocycles. The van der Waals surface area contributed by atoms with Crippen molar-refractivity contribution < 1.29 is 4.39 Å². The number of nitrogens with two attached hydrogens (primary N) is 1. The van der Waals surface area contributed by atoms with Crippen LogP contribution in [0.2, 0.25) is 5.02 Å². The molecular weight excluding hydrogens is 263 g/mol. The quantitative estimate of drug-likeness (QED) is 0.918. The van der Waals surface area contributed by atoms with Crippen LogP contribution in [0, 0.1) is 11.7 Å². The molecule has 0 spiro atoms. The lowest BCUT2D eigenvalue weighted by Crippen LogP contribution is -2.42. The Kier molecular flexibility index (Phi) is 5.20. The third kappa shape index (κ3) is 3.47. The van der Waals surface area contributed by atoms with Crippen LogP contribution in [0.3, 0.4) is 0 Å². The minimum atomic E-state index is -0.341. The lowest BCUT2D eigenvalue weighted by atomic mass is 9.83. The second-order valence-electron chi connectivity index (χ2n) is 5.48. The Morgan fingerprint density at radius 2 is 2.11 bits per heavy atom. The summed E-state index contributed by atoms with van der Waals surface area (Å²) in [5.74, 6) is 0.206. The van der Waals surface area contributed by atoms with Crippen LogP contribution in [0.5, 0.6) is 0 Å². The van der Waals surface area contributed by atoms with E-state index in [9.17, 15) is 4.39 Å². The lowest BCUT2D eigenvalue weighted by molar-refractivity contribution is 0.127. The van der Waals surface area contributed by atoms with Crippen LogP contribution in [-0.2, 0) is 6.54 Å². The fraction of sp³-hybridized carbons (Fsp3) is 0.600. The van der Waals surface area contributed by atoms with Gasteiger partial charge in [0.25, 0.3) is 0 Å². The first-order chi connectivity index (χ1) is 9.13. The van der Waals surface area contributed by atoms with Crippen LogP contribution < -0.4 is 5.73 Å². The molecule has 19 heavy (non-hydrogen) atoms. The van der Waals surface area contributed by atoms with Gasteiger partial charge in [0.2, 0.25) is 0 Å². The smallest absolute Gasteiger partial charge is 0.142 e. The van der Waals surface area contributed by atoms with E-state index in [1.807, 2.05) is 6.07 Å². The molecule has 0 bridgehead atoms. The number of benzene rings is 1. The molecule has 2 atom stereocenters. The minimum Gasteiger partial charge on any atom is -0.330 e. The summed E-state index contributed by atoms with van der Waals surface area (Å²) in [6, 6.07) is 5.49. The number of hydrogen-bond acceptors (Lipinski definition) is 2. The summed E-state index contributed by atoms with van der Waals surface area (Å²) in [5.41, 5.74) is 6.72. The maximum Gasteiger partial charge on any atom is 0.142 e. The second kappa shape index (κ2) is 6.69. The zero-order valence-corrected chi connectivity index (χ0v) is 12.2. The number of halogens is 2. The lowest BCUT2D eigenvalue weighted by Gasteiger charge is -2.37. The van der Waals surface area contributed by atoms with E-state index in [-0.39, 0.29) is 10.8 Å². The molecule has 1 aliphatic rings. The van der Waals surface area contributed by atoms with E-state index in [2.05, 4.69) is 11.9 Å². The van der Waals surface area contributed by atoms with Crippen LogP contribution in [0.1, 0.15) is 31.2 Å². The van der Waals surface area contributed by atoms with Crippen molar-refractivity contribution in [3.05, 3.63) is 34.6 Å². The van der Waals surface area contributed by atoms with E-state index in [4.69, 9.17) is 17.3 Å². The van der Waals surface area contributed by atoms with Crippen LogP contribution in [0.15, 0.2) is 18.2 Å². The maximum absolute atomic E-state index is 13.4. The van der Waals surface area contributed by atoms with Gasteiger partial charge in [0.15, 0.2) is 0 Å². The van der Waals surface area contributed by atoms with Gasteiger partial charge in [-0.25, -0.2) is 4.39 Å². The fourth-order valence-electron chi connectivity index (χ4n) is 3.10. The Morgan fingerprint density at radius 1 is 1.37 bits per heavy atom. The Morgan fingerprint density at radius 3 is 2.84 bits per heavy atom. The van der Waals surface area contributed by atoms with Crippen molar-refractivity contribution >= 4 is 11.6 Å². The van der Waals surface area contributed by atoms with Gasteiger partial charge in [-0.1, -0.05) is 36.6 Å². The first kappa shape index (κ1) is 14.8. The highest BCUT2D eigenvalue weighted by molar-refractivity contribution is 6.31. The Labute approximate surface area is 119 Å². The van der Waals surface area contributed by atoms with Crippen molar-refractivity contribution in [2.75, 3.05) is 13.6 Å². The van der Waals surface area contributed by atoms with E-state index >= 15 is 0 Å². The summed E-state index contributed by atoms with van der Waals surface area (Å²) < 4.78 is 13.4. The second-order valence-corrected chi connectivity index (χ2v) is 5.85. The van der Waals surface area contributed by atoms with Gasteiger partial charge in [0, 0.05) is 12.6 Å². The van der Waals surface area contributed by atoms with Crippen molar-refractivity contribution in [2.45, 2.75) is 38.3 Å². The SMILES string of the molecule is CN(Cc1cccc(F)c1Cl)C1CCCCC1CN. The van der Waals surface area contributed by atoms with Crippen LogP contribution in [0.25, 0.3) is 0 Å². The largest absolute Gasteiger partial charge is 0.330 e. The third-order valence-corrected chi connectivity index (χ3v) is 4.61. The molecule has 1 fully saturated rings. The zero-order chi connectivity index (χ0) is 13.8. The molecule has 4 heteroatoms. The Hall–Kier alpha value is -0.640. The van der Waals surface area contributed by atoms with Gasteiger partial charge in [0.1, 0.15) is 5.82 Å². The van der Waals surface area contributed by atoms with E-state index < -0.39 is 0 Å². The molecule has 0 amide bonds. The summed E-state index contributed by atoms with van der Waals surface area (Å²) in [7, 11) is 2.08. The fourth-order valence-corrected chi connectivity index (χ4v) is 3.29. The van der Waals surface area contributed by atoms with Gasteiger partial charge in [-0.2, -0.15) is 0 Å². The summed E-state index contributed by atoms with van der Waals surface area (Å²) in [6.07, 6.45) is 4.89. The van der Waals surface area contributed by atoms with Crippen molar-refractivity contribution in [1.82, 2.24) is 4.90 Å². The molecule has 0 aliphatic heterocycles. The molecular formula is C15H22ClFN2. The van der Waals surface area contributed by atoms with E-state index in [0.29, 0.717) is 18.5 Å². The van der Waals surface area contributed by atoms with Crippen molar-refractivity contribution in [3.8, 4) is 0 Å². The number of nitrogens with zero attached hydrogens (tertiary/aromatic N) is 1. The highest BCUT2D eigenvalue weighted by Crippen LogP contribution is 2.29. The van der Waals surface area contributed by atoms with Crippen LogP contribution in [0.4, 0.5) is 4.39 Å². The maximum atomic E-state index is 13.4. The molecule has 2 rings (SSSR count). The molecule has 2 N–H and O–H groups in total. The number of rotatable bonds is 4. The average Bonchev–Trinajstić information content (AvgIpc) is 2.43. The normalized spacial score (nSPS) is 23.8. The summed E-state index contributed by atoms with van der Waals surface area (Å²) in [6.45, 7) is 1.41. The monoisotopic (exact) mass is 284 g/mol. The predicted octanol–water partition coefficient (Wildman–Crippen LogP) is 3.43. The van der Waals surface area contributed by atoms with E-state index in [0.717, 1.165) is 12.1 Å². The highest BCUT2D eigenvalue weighted by atomic mass is 35.5. The molecule has 0 saturated heterocycles. The topological polar surface area (TPSA) is 29.3 Å². The third-order valence-electron chi connectivity index (χ3n) is 4.19. The molecule has 0 heterocycles. The number of hydrogen-bond donors (Lipinski definition) is 1. The van der Waals surface area contributed by atoms with Crippen molar-refractivity contribution in [2.24, 2.45) is 11.7 Å². The molecule has 106 valence electrons. The average molecular weight is 285 g/mol. The summed E-state index contributed by atoms with van der Waals surface area (Å²) in [5, 5.41) is 0.245. The van der Waals surface area contributed by atoms with E-state index in [1.54, 1.807) is 6.07 Å². The summed E-state index contributed by atoms with van der Waals surface area (Å²) >= 11 is 6.02. The molecule has 2 unspecified atom stereocenters. The highest BCUT2D eigenvalue weighted by Gasteiger charge is 2.27. The molecule has 1 aromatic carbocycles. The van der Waals surface area contributed by atoms with Gasteiger partial charge in [-0.15, -0.1) is 0 Å². The first-order valence-electron chi connectivity index (χ1n) is 6.96. The molecule has 0 aromatic heterocycles. The van der Waals surface area contributed by atoms with Crippen LogP contribution in [-0.4, -0.2) is 24.5 Å². The minimum absolute atomic E-state index is 0.245. The molecule has 1 aromatic rings. The Bertz CT molecular complexity index is 425. The van der Waals surface area contributed by atoms with Gasteiger partial charge < -0.3 is 5.73 Å². The standard InChI is InChI=1S/C15H22ClFN2/c1-19(14-8-3-2-5-11(14)9-18)10-12-6-4-7-13(17)15(12)16/h4,6-7,11,14H,2-3,5,8-10,18H2,1H3. The van der Waals surface area contributed by atoms with Gasteiger partial charge in [0.05, 0.1) is 5.02 Å². The molecule has 1 aliphatic carbocycles. The van der Waals surface area contributed by atoms with Gasteiger partial charge in [-0.05, 0) is 44.0 Å². The molecule has 2 nitrogen and oxygen atoms in total. The van der Waals surface area contributed by atoms with Gasteiger partial charge in [-0.3, -0.25) is 4.90 Å². The molecule has 0 radical (unpaired) electrons. The van der Waals surface area contributed by atoms with Gasteiger partial charge >= 0.3 is 0 Å². The van der Waals surface area contributed by atoms with Crippen LogP contribution >= 0.6 is 11.6 Å².